The minimum absolute atomic E-state index is 0.0663. The Morgan fingerprint density at radius 1 is 1.00 bits per heavy atom. The Hall–Kier alpha value is -1.70. The van der Waals surface area contributed by atoms with Gasteiger partial charge in [0.05, 0.1) is 0 Å². The van der Waals surface area contributed by atoms with Crippen molar-refractivity contribution in [2.45, 2.75) is 32.6 Å². The van der Waals surface area contributed by atoms with Crippen LogP contribution in [-0.4, -0.2) is 0 Å². The number of hydrogen-bond acceptors (Lipinski definition) is 0. The Kier molecular flexibility index (Phi) is 4.31. The van der Waals surface area contributed by atoms with Gasteiger partial charge in [0.1, 0.15) is 11.6 Å². The number of hydrogen-bond donors (Lipinski definition) is 0. The molecule has 2 aromatic carbocycles. The molecule has 0 N–H and O–H groups in total. The van der Waals surface area contributed by atoms with Crippen molar-refractivity contribution in [3.63, 3.8) is 0 Å². The highest BCUT2D eigenvalue weighted by Gasteiger charge is 2.16. The van der Waals surface area contributed by atoms with Crippen molar-refractivity contribution in [3.8, 4) is 0 Å². The predicted molar refractivity (Wildman–Crippen MR) is 74.3 cm³/mol. The van der Waals surface area contributed by atoms with Gasteiger partial charge in [0.15, 0.2) is 0 Å². The first kappa shape index (κ1) is 13.7. The van der Waals surface area contributed by atoms with E-state index >= 15 is 0 Å². The van der Waals surface area contributed by atoms with Gasteiger partial charge in [-0.15, -0.1) is 0 Å². The molecule has 2 aromatic rings. The number of aryl methyl sites for hydroxylation is 1. The minimum Gasteiger partial charge on any atom is -0.207 e. The van der Waals surface area contributed by atoms with Crippen LogP contribution < -0.4 is 0 Å². The Morgan fingerprint density at radius 2 is 1.74 bits per heavy atom. The summed E-state index contributed by atoms with van der Waals surface area (Å²) in [6.45, 7) is 4.09. The van der Waals surface area contributed by atoms with Gasteiger partial charge in [0.25, 0.3) is 0 Å². The Labute approximate surface area is 113 Å². The average Bonchev–Trinajstić information content (AvgIpc) is 2.39. The van der Waals surface area contributed by atoms with Crippen LogP contribution in [0.1, 0.15) is 42.9 Å². The van der Waals surface area contributed by atoms with Crippen LogP contribution in [0.3, 0.4) is 0 Å². The quantitative estimate of drug-likeness (QED) is 0.720. The molecule has 0 spiro atoms. The van der Waals surface area contributed by atoms with E-state index in [0.717, 1.165) is 24.5 Å². The molecule has 0 aromatic heterocycles. The maximum atomic E-state index is 13.9. The van der Waals surface area contributed by atoms with Crippen molar-refractivity contribution in [3.05, 3.63) is 70.8 Å². The van der Waals surface area contributed by atoms with Crippen LogP contribution in [0.15, 0.2) is 42.5 Å². The summed E-state index contributed by atoms with van der Waals surface area (Å²) >= 11 is 0. The van der Waals surface area contributed by atoms with Gasteiger partial charge in [-0.1, -0.05) is 50.6 Å². The fourth-order valence-corrected chi connectivity index (χ4v) is 2.47. The molecule has 0 aliphatic rings. The van der Waals surface area contributed by atoms with Gasteiger partial charge in [-0.2, -0.15) is 0 Å². The van der Waals surface area contributed by atoms with Gasteiger partial charge in [-0.3, -0.25) is 0 Å². The van der Waals surface area contributed by atoms with Crippen molar-refractivity contribution in [2.24, 2.45) is 0 Å². The third-order valence-corrected chi connectivity index (χ3v) is 3.47. The molecule has 0 nitrogen and oxygen atoms in total. The molecule has 0 amide bonds. The monoisotopic (exact) mass is 260 g/mol. The summed E-state index contributed by atoms with van der Waals surface area (Å²) in [7, 11) is 0. The summed E-state index contributed by atoms with van der Waals surface area (Å²) in [4.78, 5) is 0. The minimum atomic E-state index is -0.532. The zero-order valence-electron chi connectivity index (χ0n) is 11.3. The van der Waals surface area contributed by atoms with Crippen molar-refractivity contribution < 1.29 is 8.78 Å². The van der Waals surface area contributed by atoms with Crippen molar-refractivity contribution in [1.29, 1.82) is 0 Å². The van der Waals surface area contributed by atoms with Crippen molar-refractivity contribution >= 4 is 0 Å². The molecule has 0 bridgehead atoms. The van der Waals surface area contributed by atoms with E-state index in [4.69, 9.17) is 0 Å². The second-order valence-corrected chi connectivity index (χ2v) is 4.84. The van der Waals surface area contributed by atoms with Crippen LogP contribution in [0.4, 0.5) is 8.78 Å². The third kappa shape index (κ3) is 3.01. The van der Waals surface area contributed by atoms with Crippen molar-refractivity contribution in [1.82, 2.24) is 0 Å². The molecule has 2 rings (SSSR count). The van der Waals surface area contributed by atoms with Crippen LogP contribution in [-0.2, 0) is 6.42 Å². The first-order valence-electron chi connectivity index (χ1n) is 6.66. The first-order chi connectivity index (χ1) is 9.13. The Morgan fingerprint density at radius 3 is 2.42 bits per heavy atom. The molecule has 0 aliphatic carbocycles. The number of halogens is 2. The van der Waals surface area contributed by atoms with E-state index in [0.29, 0.717) is 5.56 Å². The Bertz CT molecular complexity index is 561. The lowest BCUT2D eigenvalue weighted by atomic mass is 9.88. The molecule has 1 atom stereocenters. The highest BCUT2D eigenvalue weighted by Crippen LogP contribution is 2.29. The highest BCUT2D eigenvalue weighted by molar-refractivity contribution is 5.38. The number of rotatable bonds is 4. The highest BCUT2D eigenvalue weighted by atomic mass is 19.1. The lowest BCUT2D eigenvalue weighted by molar-refractivity contribution is 0.567. The fourth-order valence-electron chi connectivity index (χ4n) is 2.47. The molecule has 0 radical (unpaired) electrons. The predicted octanol–water partition coefficient (Wildman–Crippen LogP) is 5.07. The summed E-state index contributed by atoms with van der Waals surface area (Å²) in [5.41, 5.74) is 2.90. The maximum Gasteiger partial charge on any atom is 0.129 e. The molecule has 0 fully saturated rings. The van der Waals surface area contributed by atoms with Gasteiger partial charge in [0.2, 0.25) is 0 Å². The largest absolute Gasteiger partial charge is 0.207 e. The molecule has 0 aliphatic heterocycles. The number of benzene rings is 2. The van der Waals surface area contributed by atoms with E-state index < -0.39 is 11.6 Å². The van der Waals surface area contributed by atoms with Crippen molar-refractivity contribution in [2.75, 3.05) is 0 Å². The van der Waals surface area contributed by atoms with E-state index in [-0.39, 0.29) is 5.92 Å². The van der Waals surface area contributed by atoms with Gasteiger partial charge < -0.3 is 0 Å². The van der Waals surface area contributed by atoms with Gasteiger partial charge in [-0.05, 0) is 29.2 Å². The van der Waals surface area contributed by atoms with Crippen LogP contribution in [0.2, 0.25) is 0 Å². The van der Waals surface area contributed by atoms with Gasteiger partial charge in [-0.25, -0.2) is 8.78 Å². The van der Waals surface area contributed by atoms with E-state index in [9.17, 15) is 8.78 Å². The lowest BCUT2D eigenvalue weighted by Gasteiger charge is -2.17. The molecule has 100 valence electrons. The Balaban J connectivity index is 2.41. The van der Waals surface area contributed by atoms with E-state index in [2.05, 4.69) is 13.0 Å². The smallest absolute Gasteiger partial charge is 0.129 e. The van der Waals surface area contributed by atoms with E-state index in [1.165, 1.54) is 17.7 Å². The maximum absolute atomic E-state index is 13.9. The molecule has 19 heavy (non-hydrogen) atoms. The normalized spacial score (nSPS) is 12.4. The molecule has 2 heteroatoms. The molecule has 0 saturated carbocycles. The average molecular weight is 260 g/mol. The lowest BCUT2D eigenvalue weighted by Crippen LogP contribution is -2.03. The summed E-state index contributed by atoms with van der Waals surface area (Å²) in [6, 6.07) is 11.9. The van der Waals surface area contributed by atoms with Crippen LogP contribution >= 0.6 is 0 Å². The van der Waals surface area contributed by atoms with Gasteiger partial charge in [0, 0.05) is 12.0 Å². The standard InChI is InChI=1S/C17H18F2/c1-3-6-13-7-4-5-8-15(13)12(2)16-10-9-14(18)11-17(16)19/h4-5,7-12H,3,6H2,1-2H3/t12-/m1/s1. The summed E-state index contributed by atoms with van der Waals surface area (Å²) in [5.74, 6) is -1.07. The molecule has 0 unspecified atom stereocenters. The second kappa shape index (κ2) is 5.96. The SMILES string of the molecule is CCCc1ccccc1[C@@H](C)c1ccc(F)cc1F. The second-order valence-electron chi connectivity index (χ2n) is 4.84. The molecule has 0 heterocycles. The van der Waals surface area contributed by atoms with E-state index in [1.54, 1.807) is 0 Å². The fraction of sp³-hybridized carbons (Fsp3) is 0.294. The molecular formula is C17H18F2. The summed E-state index contributed by atoms with van der Waals surface area (Å²) in [6.07, 6.45) is 2.03. The van der Waals surface area contributed by atoms with Crippen LogP contribution in [0.5, 0.6) is 0 Å². The van der Waals surface area contributed by atoms with E-state index in [1.807, 2.05) is 25.1 Å². The molecule has 0 saturated heterocycles. The van der Waals surface area contributed by atoms with Gasteiger partial charge >= 0.3 is 0 Å². The third-order valence-electron chi connectivity index (χ3n) is 3.47. The first-order valence-corrected chi connectivity index (χ1v) is 6.66. The molecular weight excluding hydrogens is 242 g/mol. The summed E-state index contributed by atoms with van der Waals surface area (Å²) in [5, 5.41) is 0. The van der Waals surface area contributed by atoms with Crippen LogP contribution in [0.25, 0.3) is 0 Å². The zero-order chi connectivity index (χ0) is 13.8. The topological polar surface area (TPSA) is 0 Å². The van der Waals surface area contributed by atoms with Crippen LogP contribution in [0, 0.1) is 11.6 Å². The zero-order valence-corrected chi connectivity index (χ0v) is 11.3. The summed E-state index contributed by atoms with van der Waals surface area (Å²) < 4.78 is 26.8.